The molecule has 2 fully saturated rings. The van der Waals surface area contributed by atoms with Gasteiger partial charge in [0.2, 0.25) is 0 Å². The first kappa shape index (κ1) is 12.2. The van der Waals surface area contributed by atoms with E-state index in [0.29, 0.717) is 23.5 Å². The molecule has 1 heterocycles. The quantitative estimate of drug-likeness (QED) is 0.904. The third-order valence-electron chi connectivity index (χ3n) is 3.90. The predicted octanol–water partition coefficient (Wildman–Crippen LogP) is 1.91. The largest absolute Gasteiger partial charge is 0.306 e. The summed E-state index contributed by atoms with van der Waals surface area (Å²) < 4.78 is 23.0. The molecule has 2 unspecified atom stereocenters. The van der Waals surface area contributed by atoms with Crippen molar-refractivity contribution >= 4 is 9.84 Å². The smallest absolute Gasteiger partial charge is 0.151 e. The molecule has 2 atom stereocenters. The fourth-order valence-electron chi connectivity index (χ4n) is 2.77. The van der Waals surface area contributed by atoms with Crippen molar-refractivity contribution < 1.29 is 8.42 Å². The van der Waals surface area contributed by atoms with Gasteiger partial charge in [0.05, 0.1) is 11.5 Å². The molecule has 4 heteroatoms. The van der Waals surface area contributed by atoms with Crippen molar-refractivity contribution in [2.24, 2.45) is 5.92 Å². The second kappa shape index (κ2) is 4.67. The lowest BCUT2D eigenvalue weighted by molar-refractivity contribution is 0.423. The van der Waals surface area contributed by atoms with Crippen LogP contribution in [0.5, 0.6) is 0 Å². The molecular weight excluding hydrogens is 246 g/mol. The zero-order valence-electron chi connectivity index (χ0n) is 10.4. The minimum atomic E-state index is -2.79. The summed E-state index contributed by atoms with van der Waals surface area (Å²) in [7, 11) is -2.79. The Morgan fingerprint density at radius 3 is 2.39 bits per heavy atom. The Morgan fingerprint density at radius 1 is 1.11 bits per heavy atom. The molecule has 3 rings (SSSR count). The van der Waals surface area contributed by atoms with E-state index in [2.05, 4.69) is 29.6 Å². The fourth-order valence-corrected chi connectivity index (χ4v) is 4.46. The second-order valence-corrected chi connectivity index (χ2v) is 7.72. The summed E-state index contributed by atoms with van der Waals surface area (Å²) in [4.78, 5) is 0. The summed E-state index contributed by atoms with van der Waals surface area (Å²) in [6.45, 7) is 0. The van der Waals surface area contributed by atoms with E-state index < -0.39 is 9.84 Å². The SMILES string of the molecule is O=S1(=O)CCC(NC(c2ccccc2)C2CC2)C1. The maximum absolute atomic E-state index is 11.5. The maximum Gasteiger partial charge on any atom is 0.151 e. The van der Waals surface area contributed by atoms with Gasteiger partial charge in [0.1, 0.15) is 0 Å². The Bertz CT molecular complexity index is 508. The molecule has 1 aliphatic heterocycles. The number of sulfone groups is 1. The Morgan fingerprint density at radius 2 is 1.83 bits per heavy atom. The second-order valence-electron chi connectivity index (χ2n) is 5.49. The highest BCUT2D eigenvalue weighted by molar-refractivity contribution is 7.91. The number of rotatable bonds is 4. The molecule has 0 spiro atoms. The van der Waals surface area contributed by atoms with Crippen molar-refractivity contribution in [3.8, 4) is 0 Å². The van der Waals surface area contributed by atoms with Crippen molar-refractivity contribution in [1.29, 1.82) is 0 Å². The minimum Gasteiger partial charge on any atom is -0.306 e. The van der Waals surface area contributed by atoms with E-state index in [1.807, 2.05) is 6.07 Å². The Hall–Kier alpha value is -0.870. The summed E-state index contributed by atoms with van der Waals surface area (Å²) in [5.74, 6) is 1.34. The number of hydrogen-bond donors (Lipinski definition) is 1. The molecule has 1 aromatic rings. The van der Waals surface area contributed by atoms with Crippen LogP contribution in [0.4, 0.5) is 0 Å². The number of nitrogens with one attached hydrogen (secondary N) is 1. The molecule has 1 saturated carbocycles. The summed E-state index contributed by atoms with van der Waals surface area (Å²) >= 11 is 0. The maximum atomic E-state index is 11.5. The van der Waals surface area contributed by atoms with E-state index >= 15 is 0 Å². The Balaban J connectivity index is 1.72. The van der Waals surface area contributed by atoms with Crippen LogP contribution < -0.4 is 5.32 Å². The fraction of sp³-hybridized carbons (Fsp3) is 0.571. The Kier molecular flexibility index (Phi) is 3.16. The van der Waals surface area contributed by atoms with Crippen LogP contribution in [0, 0.1) is 5.92 Å². The molecule has 98 valence electrons. The van der Waals surface area contributed by atoms with E-state index in [1.54, 1.807) is 0 Å². The Labute approximate surface area is 109 Å². The van der Waals surface area contributed by atoms with Crippen LogP contribution in [0.15, 0.2) is 30.3 Å². The lowest BCUT2D eigenvalue weighted by atomic mass is 10.0. The van der Waals surface area contributed by atoms with Crippen molar-refractivity contribution in [2.75, 3.05) is 11.5 Å². The third kappa shape index (κ3) is 2.75. The molecule has 1 aliphatic carbocycles. The first-order valence-corrected chi connectivity index (χ1v) is 8.48. The van der Waals surface area contributed by atoms with E-state index in [-0.39, 0.29) is 6.04 Å². The molecule has 18 heavy (non-hydrogen) atoms. The molecule has 0 radical (unpaired) electrons. The van der Waals surface area contributed by atoms with Crippen molar-refractivity contribution in [3.63, 3.8) is 0 Å². The van der Waals surface area contributed by atoms with Gasteiger partial charge in [0.25, 0.3) is 0 Å². The van der Waals surface area contributed by atoms with Crippen LogP contribution >= 0.6 is 0 Å². The third-order valence-corrected chi connectivity index (χ3v) is 5.67. The lowest BCUT2D eigenvalue weighted by Gasteiger charge is -2.22. The van der Waals surface area contributed by atoms with Crippen LogP contribution in [-0.2, 0) is 9.84 Å². The highest BCUT2D eigenvalue weighted by atomic mass is 32.2. The molecule has 0 aromatic heterocycles. The number of benzene rings is 1. The van der Waals surface area contributed by atoms with Crippen LogP contribution in [0.2, 0.25) is 0 Å². The van der Waals surface area contributed by atoms with Gasteiger partial charge in [0.15, 0.2) is 9.84 Å². The number of hydrogen-bond acceptors (Lipinski definition) is 3. The van der Waals surface area contributed by atoms with Gasteiger partial charge in [-0.3, -0.25) is 0 Å². The minimum absolute atomic E-state index is 0.140. The van der Waals surface area contributed by atoms with Gasteiger partial charge in [-0.2, -0.15) is 0 Å². The summed E-state index contributed by atoms with van der Waals surface area (Å²) in [6.07, 6.45) is 3.27. The standard InChI is InChI=1S/C14H19NO2S/c16-18(17)9-8-13(10-18)15-14(12-6-7-12)11-4-2-1-3-5-11/h1-5,12-15H,6-10H2. The van der Waals surface area contributed by atoms with Gasteiger partial charge in [0, 0.05) is 12.1 Å². The molecule has 1 aromatic carbocycles. The van der Waals surface area contributed by atoms with Crippen molar-refractivity contribution in [1.82, 2.24) is 5.32 Å². The van der Waals surface area contributed by atoms with Crippen LogP contribution in [-0.4, -0.2) is 26.0 Å². The van der Waals surface area contributed by atoms with Gasteiger partial charge in [-0.05, 0) is 30.7 Å². The first-order valence-electron chi connectivity index (χ1n) is 6.65. The van der Waals surface area contributed by atoms with Gasteiger partial charge >= 0.3 is 0 Å². The monoisotopic (exact) mass is 265 g/mol. The molecule has 2 aliphatic rings. The van der Waals surface area contributed by atoms with E-state index in [9.17, 15) is 8.42 Å². The molecule has 0 bridgehead atoms. The van der Waals surface area contributed by atoms with Crippen LogP contribution in [0.25, 0.3) is 0 Å². The predicted molar refractivity (Wildman–Crippen MR) is 72.1 cm³/mol. The highest BCUT2D eigenvalue weighted by Crippen LogP contribution is 2.41. The average Bonchev–Trinajstić information content (AvgIpc) is 3.13. The zero-order valence-corrected chi connectivity index (χ0v) is 11.2. The van der Waals surface area contributed by atoms with Crippen LogP contribution in [0.3, 0.4) is 0 Å². The van der Waals surface area contributed by atoms with Crippen molar-refractivity contribution in [3.05, 3.63) is 35.9 Å². The van der Waals surface area contributed by atoms with Gasteiger partial charge in [-0.1, -0.05) is 30.3 Å². The molecule has 1 saturated heterocycles. The molecule has 1 N–H and O–H groups in total. The van der Waals surface area contributed by atoms with Gasteiger partial charge < -0.3 is 5.32 Å². The average molecular weight is 265 g/mol. The summed E-state index contributed by atoms with van der Waals surface area (Å²) in [6, 6.07) is 10.9. The first-order chi connectivity index (χ1) is 8.64. The van der Waals surface area contributed by atoms with E-state index in [4.69, 9.17) is 0 Å². The molecular formula is C14H19NO2S. The van der Waals surface area contributed by atoms with E-state index in [0.717, 1.165) is 6.42 Å². The van der Waals surface area contributed by atoms with Crippen molar-refractivity contribution in [2.45, 2.75) is 31.3 Å². The molecule has 0 amide bonds. The molecule has 3 nitrogen and oxygen atoms in total. The zero-order chi connectivity index (χ0) is 12.6. The summed E-state index contributed by atoms with van der Waals surface area (Å²) in [5, 5.41) is 3.57. The van der Waals surface area contributed by atoms with Gasteiger partial charge in [-0.15, -0.1) is 0 Å². The highest BCUT2D eigenvalue weighted by Gasteiger charge is 2.36. The van der Waals surface area contributed by atoms with Crippen LogP contribution in [0.1, 0.15) is 30.9 Å². The van der Waals surface area contributed by atoms with Gasteiger partial charge in [-0.25, -0.2) is 8.42 Å². The van der Waals surface area contributed by atoms with E-state index in [1.165, 1.54) is 18.4 Å². The topological polar surface area (TPSA) is 46.2 Å². The lowest BCUT2D eigenvalue weighted by Crippen LogP contribution is -2.34. The summed E-state index contributed by atoms with van der Waals surface area (Å²) in [5.41, 5.74) is 1.30. The normalized spacial score (nSPS) is 28.1.